The van der Waals surface area contributed by atoms with E-state index in [1.54, 1.807) is 6.07 Å². The van der Waals surface area contributed by atoms with Gasteiger partial charge in [0.05, 0.1) is 16.7 Å². The summed E-state index contributed by atoms with van der Waals surface area (Å²) in [6.45, 7) is 28.4. The van der Waals surface area contributed by atoms with Crippen LogP contribution in [0.25, 0.3) is 155 Å². The molecule has 0 atom stereocenters. The molecule has 0 spiro atoms. The van der Waals surface area contributed by atoms with Crippen LogP contribution in [0.1, 0.15) is 124 Å². The number of hydrogen-bond acceptors (Lipinski definition) is 6. The Morgan fingerprint density at radius 3 is 1.24 bits per heavy atom. The second-order valence-corrected chi connectivity index (χ2v) is 31.1. The van der Waals surface area contributed by atoms with Gasteiger partial charge in [-0.3, -0.25) is 0 Å². The van der Waals surface area contributed by atoms with E-state index in [1.165, 1.54) is 55.5 Å². The van der Waals surface area contributed by atoms with Gasteiger partial charge < -0.3 is 13.3 Å². The molecule has 0 saturated heterocycles. The van der Waals surface area contributed by atoms with Gasteiger partial charge in [0.15, 0.2) is 22.4 Å². The van der Waals surface area contributed by atoms with Gasteiger partial charge in [0.25, 0.3) is 0 Å². The summed E-state index contributed by atoms with van der Waals surface area (Å²) in [4.78, 5) is 13.9. The van der Waals surface area contributed by atoms with Crippen LogP contribution in [0.5, 0.6) is 0 Å². The summed E-state index contributed by atoms with van der Waals surface area (Å²) in [7, 11) is 8.25. The summed E-state index contributed by atoms with van der Waals surface area (Å²) >= 11 is 0. The Labute approximate surface area is 662 Å². The summed E-state index contributed by atoms with van der Waals surface area (Å²) in [5, 5.41) is 11.2. The average Bonchev–Trinajstić information content (AvgIpc) is 1.52. The molecule has 10 nitrogen and oxygen atoms in total. The van der Waals surface area contributed by atoms with Crippen LogP contribution in [0.15, 0.2) is 220 Å². The number of nitrogens with zero attached hydrogens (tertiary/aromatic N) is 7. The Morgan fingerprint density at radius 1 is 0.333 bits per heavy atom. The number of aromatic nitrogens is 7. The van der Waals surface area contributed by atoms with Crippen LogP contribution in [-0.4, -0.2) is 15.0 Å². The van der Waals surface area contributed by atoms with E-state index in [-0.39, 0.29) is 17.4 Å². The number of hydrogen-bond donors (Lipinski definition) is 0. The molecule has 0 aliphatic rings. The fourth-order valence-corrected chi connectivity index (χ4v) is 16.3. The van der Waals surface area contributed by atoms with Crippen molar-refractivity contribution < 1.29 is 41.1 Å². The second kappa shape index (κ2) is 30.3. The summed E-state index contributed by atoms with van der Waals surface area (Å²) in [5.74, 6) is 0.292. The predicted molar refractivity (Wildman–Crippen MR) is 460 cm³/mol. The quantitative estimate of drug-likeness (QED) is 0.127. The molecule has 10 aromatic heterocycles. The molecule has 0 aliphatic heterocycles. The Hall–Kier alpha value is -11.8. The summed E-state index contributed by atoms with van der Waals surface area (Å²) in [5.41, 5.74) is 28.4. The van der Waals surface area contributed by atoms with Gasteiger partial charge in [0.2, 0.25) is 56.5 Å². The number of pyridine rings is 7. The molecule has 111 heavy (non-hydrogen) atoms. The van der Waals surface area contributed by atoms with Crippen molar-refractivity contribution >= 4 is 110 Å². The van der Waals surface area contributed by atoms with E-state index in [1.807, 2.05) is 128 Å². The van der Waals surface area contributed by atoms with E-state index in [0.29, 0.717) is 50.7 Å². The highest BCUT2D eigenvalue weighted by molar-refractivity contribution is 6.23. The fraction of sp³-hybridized carbons (Fsp3) is 0.257. The van der Waals surface area contributed by atoms with Gasteiger partial charge in [0.1, 0.15) is 28.2 Å². The Balaban J connectivity index is 0.000000127. The molecule has 18 aromatic rings. The molecule has 0 aliphatic carbocycles. The maximum atomic E-state index is 8.74. The number of furan rings is 3. The van der Waals surface area contributed by atoms with Crippen molar-refractivity contribution in [3.63, 3.8) is 0 Å². The first-order valence-corrected chi connectivity index (χ1v) is 38.7. The third-order valence-electron chi connectivity index (χ3n) is 22.1. The molecule has 0 amide bonds. The van der Waals surface area contributed by atoms with E-state index < -0.39 is 19.6 Å². The lowest BCUT2D eigenvalue weighted by atomic mass is 9.92. The smallest absolute Gasteiger partial charge is 0.227 e. The zero-order valence-electron chi connectivity index (χ0n) is 74.4. The highest BCUT2D eigenvalue weighted by atomic mass is 16.3. The SMILES string of the molecule is Cc1ccc2c(n1)oc1c(-c3ccc4c(CC(C)C)cccc4[n+]3C)c(C)c(C)cc12.Cc1ccccc1-c1cccc(C)[n+]1C.[2H]C([2H])([2H])c1cc2c(oc3nc(C)ccc32)c(-c2ccc3c(C([2H])([2H])C(C)C)cccc3[n+]2C)c1C.[2H]C([2H])(c1cccc2c1ccc(-c1c(C)c3ccccc3c3c1oc1nc(C)ccc13)[n+]2C)C(C)C. The maximum Gasteiger partial charge on any atom is 0.227 e. The van der Waals surface area contributed by atoms with Crippen LogP contribution >= 0.6 is 0 Å². The fourth-order valence-electron chi connectivity index (χ4n) is 16.3. The van der Waals surface area contributed by atoms with E-state index >= 15 is 0 Å². The third-order valence-corrected chi connectivity index (χ3v) is 22.1. The zero-order valence-corrected chi connectivity index (χ0v) is 67.4. The largest absolute Gasteiger partial charge is 0.437 e. The molecule has 10 heterocycles. The molecule has 0 saturated carbocycles. The molecule has 10 heteroatoms. The molecule has 0 bridgehead atoms. The normalized spacial score (nSPS) is 13.1. The number of benzene rings is 8. The van der Waals surface area contributed by atoms with Crippen molar-refractivity contribution in [1.29, 1.82) is 0 Å². The first kappa shape index (κ1) is 66.3. The second-order valence-electron chi connectivity index (χ2n) is 31.1. The molecule has 0 unspecified atom stereocenters. The van der Waals surface area contributed by atoms with Crippen LogP contribution in [0, 0.1) is 86.9 Å². The molecular weight excluding hydrogens is 1360 g/mol. The van der Waals surface area contributed by atoms with Gasteiger partial charge in [-0.05, 0) is 239 Å². The Kier molecular flexibility index (Phi) is 18.1. The lowest BCUT2D eigenvalue weighted by Crippen LogP contribution is -2.34. The van der Waals surface area contributed by atoms with Crippen molar-refractivity contribution in [1.82, 2.24) is 15.0 Å². The Morgan fingerprint density at radius 2 is 0.748 bits per heavy atom. The monoisotopic (exact) mass is 1470 g/mol. The van der Waals surface area contributed by atoms with E-state index in [0.717, 1.165) is 128 Å². The molecule has 0 fully saturated rings. The third kappa shape index (κ3) is 13.9. The first-order valence-electron chi connectivity index (χ1n) is 42.2. The number of fused-ring (bicyclic) bond motifs is 14. The van der Waals surface area contributed by atoms with Crippen molar-refractivity contribution in [3.05, 3.63) is 279 Å². The van der Waals surface area contributed by atoms with Crippen LogP contribution in [0.2, 0.25) is 0 Å². The topological polar surface area (TPSA) is 93.6 Å². The van der Waals surface area contributed by atoms with Gasteiger partial charge >= 0.3 is 0 Å². The highest BCUT2D eigenvalue weighted by Gasteiger charge is 2.30. The maximum absolute atomic E-state index is 8.74. The van der Waals surface area contributed by atoms with Crippen molar-refractivity contribution in [2.45, 2.75) is 130 Å². The van der Waals surface area contributed by atoms with Gasteiger partial charge in [-0.1, -0.05) is 120 Å². The molecule has 18 rings (SSSR count). The van der Waals surface area contributed by atoms with Gasteiger partial charge in [-0.25, -0.2) is 15.0 Å². The van der Waals surface area contributed by atoms with Gasteiger partial charge in [0, 0.05) is 136 Å². The van der Waals surface area contributed by atoms with E-state index in [2.05, 4.69) is 233 Å². The lowest BCUT2D eigenvalue weighted by Gasteiger charge is -2.13. The zero-order chi connectivity index (χ0) is 84.2. The minimum Gasteiger partial charge on any atom is -0.437 e. The number of rotatable bonds is 10. The first-order chi connectivity index (χ1) is 56.1. The van der Waals surface area contributed by atoms with Crippen LogP contribution in [-0.2, 0) is 47.4 Å². The van der Waals surface area contributed by atoms with E-state index in [4.69, 9.17) is 27.8 Å². The van der Waals surface area contributed by atoms with Gasteiger partial charge in [-0.2, -0.15) is 18.3 Å². The van der Waals surface area contributed by atoms with E-state index in [9.17, 15) is 0 Å². The molecule has 0 N–H and O–H groups in total. The van der Waals surface area contributed by atoms with Crippen LogP contribution in [0.3, 0.4) is 0 Å². The van der Waals surface area contributed by atoms with Crippen molar-refractivity contribution in [2.75, 3.05) is 0 Å². The lowest BCUT2D eigenvalue weighted by molar-refractivity contribution is -0.666. The molecular formula is C101H103N7O3+4. The van der Waals surface area contributed by atoms with Gasteiger partial charge in [-0.15, -0.1) is 0 Å². The Bertz CT molecular complexity index is 7070. The standard InChI is InChI=1S/C31H29N2O.2C28H29N2O.C14H16N/c1-18(2)17-21-9-8-12-26-23(21)15-16-27(33(26)5)28-20(4)22-10-6-7-11-24(22)29-25-14-13-19(3)32-31(25)34-30(28)29;2*1-16(2)14-20-8-7-9-24-21(20)12-13-25(30(24)6)26-19(5)17(3)15-23-22-11-10-18(4)29-28(22)31-27(23)26;1-11-7-4-5-9-13(11)14-10-6-8-12(2)15(14)3/h6-16,18H,17H2,1-5H3;2*7-13,15-16H,14H2,1-6H3;4-10H,1-3H3/q4*+1/i17D2;3D3,14D2;;. The minimum absolute atomic E-state index is 0.137. The summed E-state index contributed by atoms with van der Waals surface area (Å²) in [6, 6.07) is 70.3. The highest BCUT2D eigenvalue weighted by Crippen LogP contribution is 2.45. The number of aryl methyl sites for hydroxylation is 11. The minimum atomic E-state index is -2.30. The van der Waals surface area contributed by atoms with Crippen molar-refractivity contribution in [3.8, 4) is 45.0 Å². The predicted octanol–water partition coefficient (Wildman–Crippen LogP) is 23.9. The summed E-state index contributed by atoms with van der Waals surface area (Å²) < 4.78 is 87.3. The van der Waals surface area contributed by atoms with Crippen molar-refractivity contribution in [2.24, 2.45) is 45.9 Å². The van der Waals surface area contributed by atoms with Crippen LogP contribution < -0.4 is 18.3 Å². The van der Waals surface area contributed by atoms with Crippen LogP contribution in [0.4, 0.5) is 0 Å². The summed E-state index contributed by atoms with van der Waals surface area (Å²) in [6.07, 6.45) is -1.85. The molecule has 0 radical (unpaired) electrons. The molecule has 8 aromatic carbocycles. The molecule has 556 valence electrons. The average molecular weight is 1470 g/mol.